The Morgan fingerprint density at radius 3 is 2.72 bits per heavy atom. The van der Waals surface area contributed by atoms with E-state index in [1.807, 2.05) is 38.1 Å². The SMILES string of the molecule is Cc1ccc(Br)cc1OCc1cc(CN)oc1C. The van der Waals surface area contributed by atoms with Gasteiger partial charge in [0.1, 0.15) is 23.9 Å². The number of hydrogen-bond acceptors (Lipinski definition) is 3. The van der Waals surface area contributed by atoms with Gasteiger partial charge in [-0.1, -0.05) is 22.0 Å². The Morgan fingerprint density at radius 2 is 2.06 bits per heavy atom. The lowest BCUT2D eigenvalue weighted by molar-refractivity contribution is 0.301. The molecule has 0 fully saturated rings. The second-order valence-electron chi connectivity index (χ2n) is 4.20. The Kier molecular flexibility index (Phi) is 4.09. The molecule has 0 unspecified atom stereocenters. The first kappa shape index (κ1) is 13.2. The van der Waals surface area contributed by atoms with Crippen LogP contribution in [0.5, 0.6) is 5.75 Å². The lowest BCUT2D eigenvalue weighted by atomic mass is 10.2. The van der Waals surface area contributed by atoms with E-state index in [0.717, 1.165) is 32.9 Å². The molecule has 0 aliphatic rings. The van der Waals surface area contributed by atoms with Crippen LogP contribution < -0.4 is 10.5 Å². The zero-order valence-electron chi connectivity index (χ0n) is 10.5. The summed E-state index contributed by atoms with van der Waals surface area (Å²) in [5.41, 5.74) is 7.69. The highest BCUT2D eigenvalue weighted by atomic mass is 79.9. The molecule has 0 saturated carbocycles. The number of rotatable bonds is 4. The third kappa shape index (κ3) is 2.94. The van der Waals surface area contributed by atoms with Crippen molar-refractivity contribution in [2.45, 2.75) is 27.0 Å². The molecule has 1 aromatic carbocycles. The van der Waals surface area contributed by atoms with Crippen molar-refractivity contribution in [3.05, 3.63) is 51.4 Å². The first-order valence-electron chi connectivity index (χ1n) is 5.77. The topological polar surface area (TPSA) is 48.4 Å². The number of ether oxygens (including phenoxy) is 1. The Labute approximate surface area is 115 Å². The summed E-state index contributed by atoms with van der Waals surface area (Å²) in [7, 11) is 0. The van der Waals surface area contributed by atoms with Crippen molar-refractivity contribution >= 4 is 15.9 Å². The van der Waals surface area contributed by atoms with Crippen LogP contribution in [0.2, 0.25) is 0 Å². The smallest absolute Gasteiger partial charge is 0.123 e. The monoisotopic (exact) mass is 309 g/mol. The molecule has 0 aliphatic heterocycles. The highest BCUT2D eigenvalue weighted by Gasteiger charge is 2.08. The van der Waals surface area contributed by atoms with E-state index < -0.39 is 0 Å². The zero-order valence-corrected chi connectivity index (χ0v) is 12.1. The largest absolute Gasteiger partial charge is 0.488 e. The summed E-state index contributed by atoms with van der Waals surface area (Å²) in [5, 5.41) is 0. The van der Waals surface area contributed by atoms with Crippen molar-refractivity contribution < 1.29 is 9.15 Å². The van der Waals surface area contributed by atoms with Crippen molar-refractivity contribution in [2.24, 2.45) is 5.73 Å². The lowest BCUT2D eigenvalue weighted by Gasteiger charge is -2.08. The number of halogens is 1. The molecule has 1 aromatic heterocycles. The number of furan rings is 1. The van der Waals surface area contributed by atoms with Crippen LogP contribution >= 0.6 is 15.9 Å². The molecule has 0 amide bonds. The predicted molar refractivity (Wildman–Crippen MR) is 74.5 cm³/mol. The summed E-state index contributed by atoms with van der Waals surface area (Å²) in [4.78, 5) is 0. The van der Waals surface area contributed by atoms with Crippen LogP contribution in [-0.2, 0) is 13.2 Å². The quantitative estimate of drug-likeness (QED) is 0.937. The molecular formula is C14H16BrNO2. The van der Waals surface area contributed by atoms with E-state index in [1.54, 1.807) is 0 Å². The molecular weight excluding hydrogens is 294 g/mol. The third-order valence-electron chi connectivity index (χ3n) is 2.81. The second kappa shape index (κ2) is 5.59. The van der Waals surface area contributed by atoms with Crippen molar-refractivity contribution in [2.75, 3.05) is 0 Å². The Bertz CT molecular complexity index is 549. The molecule has 1 heterocycles. The van der Waals surface area contributed by atoms with Crippen LogP contribution in [0.25, 0.3) is 0 Å². The highest BCUT2D eigenvalue weighted by molar-refractivity contribution is 9.10. The molecule has 0 radical (unpaired) electrons. The molecule has 3 nitrogen and oxygen atoms in total. The van der Waals surface area contributed by atoms with E-state index in [2.05, 4.69) is 15.9 Å². The summed E-state index contributed by atoms with van der Waals surface area (Å²) in [5.74, 6) is 2.53. The van der Waals surface area contributed by atoms with Gasteiger partial charge in [0.05, 0.1) is 6.54 Å². The molecule has 96 valence electrons. The van der Waals surface area contributed by atoms with Crippen molar-refractivity contribution in [1.29, 1.82) is 0 Å². The molecule has 2 N–H and O–H groups in total. The van der Waals surface area contributed by atoms with Gasteiger partial charge < -0.3 is 14.9 Å². The molecule has 0 aliphatic carbocycles. The number of benzene rings is 1. The summed E-state index contributed by atoms with van der Waals surface area (Å²) >= 11 is 3.44. The summed E-state index contributed by atoms with van der Waals surface area (Å²) in [6.45, 7) is 4.85. The summed E-state index contributed by atoms with van der Waals surface area (Å²) in [6.07, 6.45) is 0. The van der Waals surface area contributed by atoms with Gasteiger partial charge in [-0.05, 0) is 37.6 Å². The van der Waals surface area contributed by atoms with E-state index in [1.165, 1.54) is 0 Å². The number of hydrogen-bond donors (Lipinski definition) is 1. The van der Waals surface area contributed by atoms with Gasteiger partial charge in [0, 0.05) is 10.0 Å². The minimum Gasteiger partial charge on any atom is -0.488 e. The van der Waals surface area contributed by atoms with Gasteiger partial charge in [-0.2, -0.15) is 0 Å². The van der Waals surface area contributed by atoms with Gasteiger partial charge in [-0.15, -0.1) is 0 Å². The van der Waals surface area contributed by atoms with E-state index in [9.17, 15) is 0 Å². The third-order valence-corrected chi connectivity index (χ3v) is 3.30. The van der Waals surface area contributed by atoms with Crippen molar-refractivity contribution in [1.82, 2.24) is 0 Å². The van der Waals surface area contributed by atoms with Crippen LogP contribution in [0, 0.1) is 13.8 Å². The Balaban J connectivity index is 2.11. The fraction of sp³-hybridized carbons (Fsp3) is 0.286. The van der Waals surface area contributed by atoms with Crippen molar-refractivity contribution in [3.63, 3.8) is 0 Å². The Hall–Kier alpha value is -1.26. The summed E-state index contributed by atoms with van der Waals surface area (Å²) in [6, 6.07) is 7.93. The van der Waals surface area contributed by atoms with Crippen LogP contribution in [0.3, 0.4) is 0 Å². The molecule has 18 heavy (non-hydrogen) atoms. The van der Waals surface area contributed by atoms with E-state index in [-0.39, 0.29) is 0 Å². The fourth-order valence-electron chi connectivity index (χ4n) is 1.72. The second-order valence-corrected chi connectivity index (χ2v) is 5.11. The van der Waals surface area contributed by atoms with Crippen LogP contribution in [-0.4, -0.2) is 0 Å². The maximum absolute atomic E-state index is 5.81. The van der Waals surface area contributed by atoms with Gasteiger partial charge in [-0.25, -0.2) is 0 Å². The van der Waals surface area contributed by atoms with Crippen LogP contribution in [0.15, 0.2) is 33.2 Å². The maximum atomic E-state index is 5.81. The Morgan fingerprint density at radius 1 is 1.28 bits per heavy atom. The van der Waals surface area contributed by atoms with Gasteiger partial charge in [0.2, 0.25) is 0 Å². The standard InChI is InChI=1S/C14H16BrNO2/c1-9-3-4-12(15)6-14(9)17-8-11-5-13(7-16)18-10(11)2/h3-6H,7-8,16H2,1-2H3. The zero-order chi connectivity index (χ0) is 13.1. The molecule has 0 bridgehead atoms. The molecule has 2 aromatic rings. The van der Waals surface area contributed by atoms with E-state index in [4.69, 9.17) is 14.9 Å². The number of aryl methyl sites for hydroxylation is 2. The summed E-state index contributed by atoms with van der Waals surface area (Å²) < 4.78 is 12.3. The van der Waals surface area contributed by atoms with Crippen LogP contribution in [0.1, 0.15) is 22.6 Å². The molecule has 4 heteroatoms. The molecule has 0 spiro atoms. The minimum atomic E-state index is 0.413. The van der Waals surface area contributed by atoms with E-state index in [0.29, 0.717) is 13.2 Å². The first-order valence-corrected chi connectivity index (χ1v) is 6.56. The normalized spacial score (nSPS) is 10.7. The fourth-order valence-corrected chi connectivity index (χ4v) is 2.06. The average Bonchev–Trinajstić information content (AvgIpc) is 2.71. The average molecular weight is 310 g/mol. The lowest BCUT2D eigenvalue weighted by Crippen LogP contribution is -1.97. The maximum Gasteiger partial charge on any atom is 0.123 e. The van der Waals surface area contributed by atoms with E-state index >= 15 is 0 Å². The molecule has 0 atom stereocenters. The van der Waals surface area contributed by atoms with Gasteiger partial charge >= 0.3 is 0 Å². The van der Waals surface area contributed by atoms with Gasteiger partial charge in [0.25, 0.3) is 0 Å². The first-order chi connectivity index (χ1) is 8.60. The van der Waals surface area contributed by atoms with Gasteiger partial charge in [0.15, 0.2) is 0 Å². The number of nitrogens with two attached hydrogens (primary N) is 1. The minimum absolute atomic E-state index is 0.413. The van der Waals surface area contributed by atoms with Crippen LogP contribution in [0.4, 0.5) is 0 Å². The van der Waals surface area contributed by atoms with Gasteiger partial charge in [-0.3, -0.25) is 0 Å². The molecule has 0 saturated heterocycles. The highest BCUT2D eigenvalue weighted by Crippen LogP contribution is 2.24. The molecule has 2 rings (SSSR count). The predicted octanol–water partition coefficient (Wildman–Crippen LogP) is 3.70. The van der Waals surface area contributed by atoms with Crippen molar-refractivity contribution in [3.8, 4) is 5.75 Å².